The van der Waals surface area contributed by atoms with Crippen molar-refractivity contribution >= 4 is 37.5 Å². The first-order chi connectivity index (χ1) is 10.5. The Labute approximate surface area is 150 Å². The molecule has 1 aromatic carbocycles. The van der Waals surface area contributed by atoms with Gasteiger partial charge in [-0.1, -0.05) is 50.0 Å². The van der Waals surface area contributed by atoms with Gasteiger partial charge in [-0.05, 0) is 48.7 Å². The summed E-state index contributed by atoms with van der Waals surface area (Å²) in [5, 5.41) is 10.4. The molecular formula is C17H26Cl2O3Si. The normalized spacial score (nSPS) is 13.9. The minimum Gasteiger partial charge on any atom is -0.481 e. The van der Waals surface area contributed by atoms with Crippen LogP contribution in [-0.4, -0.2) is 26.0 Å². The summed E-state index contributed by atoms with van der Waals surface area (Å²) in [6.45, 7) is 11.5. The van der Waals surface area contributed by atoms with Gasteiger partial charge in [0, 0.05) is 6.61 Å². The summed E-state index contributed by atoms with van der Waals surface area (Å²) in [6, 6.07) is 5.00. The average molecular weight is 377 g/mol. The largest absolute Gasteiger partial charge is 0.481 e. The van der Waals surface area contributed by atoms with Gasteiger partial charge in [0.2, 0.25) is 0 Å². The van der Waals surface area contributed by atoms with E-state index in [9.17, 15) is 9.90 Å². The number of aliphatic carboxylic acids is 1. The van der Waals surface area contributed by atoms with Gasteiger partial charge in [0.25, 0.3) is 0 Å². The summed E-state index contributed by atoms with van der Waals surface area (Å²) in [7, 11) is -1.79. The van der Waals surface area contributed by atoms with E-state index in [0.717, 1.165) is 0 Å². The van der Waals surface area contributed by atoms with Crippen LogP contribution < -0.4 is 0 Å². The van der Waals surface area contributed by atoms with Crippen LogP contribution in [0.2, 0.25) is 28.2 Å². The van der Waals surface area contributed by atoms with Gasteiger partial charge in [0.15, 0.2) is 8.32 Å². The molecule has 3 nitrogen and oxygen atoms in total. The van der Waals surface area contributed by atoms with Crippen LogP contribution in [0.25, 0.3) is 0 Å². The summed E-state index contributed by atoms with van der Waals surface area (Å²) in [6.07, 6.45) is 1.21. The van der Waals surface area contributed by atoms with Crippen molar-refractivity contribution < 1.29 is 14.3 Å². The lowest BCUT2D eigenvalue weighted by Crippen LogP contribution is -2.41. The lowest BCUT2D eigenvalue weighted by atomic mass is 9.94. The fourth-order valence-electron chi connectivity index (χ4n) is 1.99. The number of benzene rings is 1. The topological polar surface area (TPSA) is 46.5 Å². The molecule has 0 amide bonds. The minimum absolute atomic E-state index is 0.156. The molecule has 6 heteroatoms. The first-order valence-electron chi connectivity index (χ1n) is 7.77. The average Bonchev–Trinajstić information content (AvgIpc) is 2.40. The van der Waals surface area contributed by atoms with Crippen LogP contribution in [-0.2, 0) is 9.22 Å². The highest BCUT2D eigenvalue weighted by Crippen LogP contribution is 2.37. The number of carboxylic acids is 1. The number of hydrogen-bond donors (Lipinski definition) is 1. The molecule has 0 saturated heterocycles. The zero-order valence-corrected chi connectivity index (χ0v) is 17.0. The quantitative estimate of drug-likeness (QED) is 0.471. The second-order valence-electron chi connectivity index (χ2n) is 7.32. The monoisotopic (exact) mass is 376 g/mol. The lowest BCUT2D eigenvalue weighted by Gasteiger charge is -2.36. The molecular weight excluding hydrogens is 351 g/mol. The minimum atomic E-state index is -1.79. The zero-order chi connectivity index (χ0) is 17.8. The maximum absolute atomic E-state index is 11.5. The Morgan fingerprint density at radius 2 is 1.87 bits per heavy atom. The first-order valence-corrected chi connectivity index (χ1v) is 11.4. The Morgan fingerprint density at radius 3 is 2.35 bits per heavy atom. The zero-order valence-electron chi connectivity index (χ0n) is 14.5. The molecule has 1 aromatic rings. The van der Waals surface area contributed by atoms with E-state index in [1.807, 2.05) is 0 Å². The van der Waals surface area contributed by atoms with Gasteiger partial charge in [-0.15, -0.1) is 0 Å². The molecule has 0 bridgehead atoms. The van der Waals surface area contributed by atoms with Crippen LogP contribution in [0.3, 0.4) is 0 Å². The summed E-state index contributed by atoms with van der Waals surface area (Å²) < 4.78 is 6.10. The molecule has 1 rings (SSSR count). The van der Waals surface area contributed by atoms with Crippen LogP contribution in [0, 0.1) is 0 Å². The Kier molecular flexibility index (Phi) is 7.14. The standard InChI is InChI=1S/C17H26Cl2O3Si/c1-17(2,3)23(4,5)22-10-6-7-13(16(20)21)12-8-9-14(18)15(19)11-12/h8-9,11,13H,6-7,10H2,1-5H3,(H,20,21). The van der Waals surface area contributed by atoms with Crippen molar-refractivity contribution in [2.45, 2.75) is 57.7 Å². The van der Waals surface area contributed by atoms with E-state index in [-0.39, 0.29) is 5.04 Å². The van der Waals surface area contributed by atoms with Crippen molar-refractivity contribution in [2.24, 2.45) is 0 Å². The van der Waals surface area contributed by atoms with Gasteiger partial charge in [0.05, 0.1) is 16.0 Å². The number of rotatable bonds is 7. The predicted molar refractivity (Wildman–Crippen MR) is 99.2 cm³/mol. The van der Waals surface area contributed by atoms with E-state index >= 15 is 0 Å². The van der Waals surface area contributed by atoms with Gasteiger partial charge in [-0.25, -0.2) is 0 Å². The summed E-state index contributed by atoms with van der Waals surface area (Å²) in [4.78, 5) is 11.5. The van der Waals surface area contributed by atoms with E-state index in [2.05, 4.69) is 33.9 Å². The third-order valence-electron chi connectivity index (χ3n) is 4.55. The Balaban J connectivity index is 2.65. The Bertz CT molecular complexity index is 553. The maximum atomic E-state index is 11.5. The molecule has 0 aliphatic rings. The van der Waals surface area contributed by atoms with Crippen molar-refractivity contribution in [1.29, 1.82) is 0 Å². The molecule has 0 radical (unpaired) electrons. The first kappa shape index (κ1) is 20.5. The van der Waals surface area contributed by atoms with E-state index < -0.39 is 20.2 Å². The predicted octanol–water partition coefficient (Wildman–Crippen LogP) is 5.96. The van der Waals surface area contributed by atoms with Crippen molar-refractivity contribution in [1.82, 2.24) is 0 Å². The Hall–Kier alpha value is -0.553. The van der Waals surface area contributed by atoms with E-state index in [1.165, 1.54) is 0 Å². The van der Waals surface area contributed by atoms with E-state index in [1.54, 1.807) is 18.2 Å². The molecule has 130 valence electrons. The van der Waals surface area contributed by atoms with Crippen molar-refractivity contribution in [3.63, 3.8) is 0 Å². The van der Waals surface area contributed by atoms with Gasteiger partial charge in [0.1, 0.15) is 0 Å². The van der Waals surface area contributed by atoms with Gasteiger partial charge in [-0.2, -0.15) is 0 Å². The molecule has 0 saturated carbocycles. The van der Waals surface area contributed by atoms with Crippen LogP contribution in [0.5, 0.6) is 0 Å². The SMILES string of the molecule is CC(C)(C)[Si](C)(C)OCCCC(C(=O)O)c1ccc(Cl)c(Cl)c1. The number of carbonyl (C=O) groups is 1. The smallest absolute Gasteiger partial charge is 0.310 e. The van der Waals surface area contributed by atoms with Crippen molar-refractivity contribution in [2.75, 3.05) is 6.61 Å². The summed E-state index contributed by atoms with van der Waals surface area (Å²) in [5.41, 5.74) is 0.680. The molecule has 0 heterocycles. The van der Waals surface area contributed by atoms with Crippen LogP contribution in [0.4, 0.5) is 0 Å². The number of carboxylic acid groups (broad SMARTS) is 1. The number of halogens is 2. The van der Waals surface area contributed by atoms with Crippen molar-refractivity contribution in [3.8, 4) is 0 Å². The highest BCUT2D eigenvalue weighted by molar-refractivity contribution is 6.74. The third-order valence-corrected chi connectivity index (χ3v) is 9.83. The van der Waals surface area contributed by atoms with Gasteiger partial charge in [-0.3, -0.25) is 4.79 Å². The third kappa shape index (κ3) is 5.78. The molecule has 0 aliphatic heterocycles. The second kappa shape index (κ2) is 8.02. The van der Waals surface area contributed by atoms with Crippen LogP contribution in [0.1, 0.15) is 45.1 Å². The lowest BCUT2D eigenvalue weighted by molar-refractivity contribution is -0.139. The van der Waals surface area contributed by atoms with E-state index in [0.29, 0.717) is 35.1 Å². The highest BCUT2D eigenvalue weighted by Gasteiger charge is 2.36. The Morgan fingerprint density at radius 1 is 1.26 bits per heavy atom. The van der Waals surface area contributed by atoms with Gasteiger partial charge >= 0.3 is 5.97 Å². The van der Waals surface area contributed by atoms with E-state index in [4.69, 9.17) is 27.6 Å². The molecule has 1 N–H and O–H groups in total. The highest BCUT2D eigenvalue weighted by atomic mass is 35.5. The molecule has 1 atom stereocenters. The fraction of sp³-hybridized carbons (Fsp3) is 0.588. The summed E-state index contributed by atoms with van der Waals surface area (Å²) in [5.74, 6) is -1.44. The van der Waals surface area contributed by atoms with Gasteiger partial charge < -0.3 is 9.53 Å². The molecule has 1 unspecified atom stereocenters. The van der Waals surface area contributed by atoms with Crippen molar-refractivity contribution in [3.05, 3.63) is 33.8 Å². The maximum Gasteiger partial charge on any atom is 0.310 e. The van der Waals surface area contributed by atoms with Crippen LogP contribution >= 0.6 is 23.2 Å². The molecule has 23 heavy (non-hydrogen) atoms. The second-order valence-corrected chi connectivity index (χ2v) is 12.9. The summed E-state index contributed by atoms with van der Waals surface area (Å²) >= 11 is 11.9. The molecule has 0 spiro atoms. The molecule has 0 aliphatic carbocycles. The number of hydrogen-bond acceptors (Lipinski definition) is 2. The molecule has 0 aromatic heterocycles. The molecule has 0 fully saturated rings. The fourth-order valence-corrected chi connectivity index (χ4v) is 3.39. The van der Waals surface area contributed by atoms with Crippen LogP contribution in [0.15, 0.2) is 18.2 Å².